The highest BCUT2D eigenvalue weighted by Gasteiger charge is 2.25. The number of aliphatic hydroxyl groups excluding tert-OH is 1. The molecule has 1 aliphatic rings. The Hall–Kier alpha value is -1.82. The minimum atomic E-state index is -0.612. The van der Waals surface area contributed by atoms with Crippen molar-refractivity contribution in [1.29, 1.82) is 0 Å². The first kappa shape index (κ1) is 18.0. The number of halogens is 2. The van der Waals surface area contributed by atoms with Crippen molar-refractivity contribution < 1.29 is 19.0 Å². The predicted molar refractivity (Wildman–Crippen MR) is 94.8 cm³/mol. The maximum Gasteiger partial charge on any atom is 0.123 e. The Kier molecular flexibility index (Phi) is 6.13. The van der Waals surface area contributed by atoms with Crippen LogP contribution in [-0.2, 0) is 0 Å². The summed E-state index contributed by atoms with van der Waals surface area (Å²) in [7, 11) is 0. The summed E-state index contributed by atoms with van der Waals surface area (Å²) >= 11 is 5.87. The second kappa shape index (κ2) is 8.52. The second-order valence-corrected chi connectivity index (χ2v) is 6.60. The molecule has 2 unspecified atom stereocenters. The monoisotopic (exact) mass is 365 g/mol. The lowest BCUT2D eigenvalue weighted by Crippen LogP contribution is -2.35. The maximum absolute atomic E-state index is 12.8. The molecule has 1 heterocycles. The van der Waals surface area contributed by atoms with E-state index in [-0.39, 0.29) is 18.5 Å². The third-order valence-electron chi connectivity index (χ3n) is 4.07. The van der Waals surface area contributed by atoms with Crippen LogP contribution in [0.2, 0.25) is 5.02 Å². The highest BCUT2D eigenvalue weighted by atomic mass is 35.5. The molecule has 0 saturated carbocycles. The Bertz CT molecular complexity index is 665. The molecule has 1 saturated heterocycles. The van der Waals surface area contributed by atoms with Gasteiger partial charge in [0.15, 0.2) is 0 Å². The van der Waals surface area contributed by atoms with Crippen molar-refractivity contribution in [2.45, 2.75) is 18.6 Å². The van der Waals surface area contributed by atoms with Gasteiger partial charge in [-0.05, 0) is 55.0 Å². The Balaban J connectivity index is 1.39. The van der Waals surface area contributed by atoms with Gasteiger partial charge in [-0.1, -0.05) is 11.6 Å². The van der Waals surface area contributed by atoms with Crippen LogP contribution in [0.15, 0.2) is 48.5 Å². The van der Waals surface area contributed by atoms with Crippen LogP contribution in [0.1, 0.15) is 6.42 Å². The van der Waals surface area contributed by atoms with Crippen LogP contribution in [0, 0.1) is 5.82 Å². The molecule has 0 bridgehead atoms. The fourth-order valence-electron chi connectivity index (χ4n) is 2.84. The minimum absolute atomic E-state index is 0.103. The van der Waals surface area contributed by atoms with Gasteiger partial charge in [0.05, 0.1) is 0 Å². The van der Waals surface area contributed by atoms with E-state index >= 15 is 0 Å². The predicted octanol–water partition coefficient (Wildman–Crippen LogP) is 3.37. The SMILES string of the molecule is OC(COc1ccc(F)cc1)CN1CCC(Oc2ccc(Cl)cc2)C1. The number of benzene rings is 2. The van der Waals surface area contributed by atoms with Crippen LogP contribution in [0.4, 0.5) is 4.39 Å². The molecular weight excluding hydrogens is 345 g/mol. The van der Waals surface area contributed by atoms with Crippen LogP contribution in [0.5, 0.6) is 11.5 Å². The summed E-state index contributed by atoms with van der Waals surface area (Å²) in [4.78, 5) is 2.15. The number of ether oxygens (including phenoxy) is 2. The fraction of sp³-hybridized carbons (Fsp3) is 0.368. The second-order valence-electron chi connectivity index (χ2n) is 6.16. The number of hydrogen-bond acceptors (Lipinski definition) is 4. The molecule has 1 N–H and O–H groups in total. The van der Waals surface area contributed by atoms with Crippen molar-refractivity contribution in [3.8, 4) is 11.5 Å². The first-order valence-corrected chi connectivity index (χ1v) is 8.67. The highest BCUT2D eigenvalue weighted by molar-refractivity contribution is 6.30. The van der Waals surface area contributed by atoms with E-state index in [9.17, 15) is 9.50 Å². The van der Waals surface area contributed by atoms with E-state index in [2.05, 4.69) is 4.90 Å². The Morgan fingerprint density at radius 1 is 1.12 bits per heavy atom. The van der Waals surface area contributed by atoms with E-state index < -0.39 is 6.10 Å². The first-order chi connectivity index (χ1) is 12.1. The molecule has 4 nitrogen and oxygen atoms in total. The van der Waals surface area contributed by atoms with Crippen LogP contribution < -0.4 is 9.47 Å². The van der Waals surface area contributed by atoms with Gasteiger partial charge >= 0.3 is 0 Å². The normalized spacial score (nSPS) is 18.9. The quantitative estimate of drug-likeness (QED) is 0.816. The van der Waals surface area contributed by atoms with E-state index in [0.29, 0.717) is 17.3 Å². The molecule has 0 spiro atoms. The average Bonchev–Trinajstić information content (AvgIpc) is 3.03. The summed E-state index contributed by atoms with van der Waals surface area (Å²) in [6.45, 7) is 2.31. The number of β-amino-alcohol motifs (C(OH)–C–C–N with tert-alkyl or cyclic N) is 1. The number of nitrogens with zero attached hydrogens (tertiary/aromatic N) is 1. The molecular formula is C19H21ClFNO3. The zero-order valence-corrected chi connectivity index (χ0v) is 14.5. The average molecular weight is 366 g/mol. The summed E-state index contributed by atoms with van der Waals surface area (Å²) < 4.78 is 24.3. The number of rotatable bonds is 7. The lowest BCUT2D eigenvalue weighted by Gasteiger charge is -2.20. The maximum atomic E-state index is 12.8. The number of aliphatic hydroxyl groups is 1. The summed E-state index contributed by atoms with van der Waals surface area (Å²) in [5, 5.41) is 10.8. The molecule has 1 aliphatic heterocycles. The number of hydrogen-bond donors (Lipinski definition) is 1. The van der Waals surface area contributed by atoms with Crippen LogP contribution in [0.3, 0.4) is 0 Å². The molecule has 2 aromatic carbocycles. The van der Waals surface area contributed by atoms with Gasteiger partial charge in [-0.2, -0.15) is 0 Å². The van der Waals surface area contributed by atoms with Crippen molar-refractivity contribution in [2.75, 3.05) is 26.2 Å². The molecule has 2 aromatic rings. The van der Waals surface area contributed by atoms with E-state index in [1.165, 1.54) is 12.1 Å². The third-order valence-corrected chi connectivity index (χ3v) is 4.32. The Morgan fingerprint density at radius 3 is 2.52 bits per heavy atom. The summed E-state index contributed by atoms with van der Waals surface area (Å²) in [5.74, 6) is 1.04. The van der Waals surface area contributed by atoms with E-state index in [0.717, 1.165) is 25.3 Å². The van der Waals surface area contributed by atoms with Crippen LogP contribution >= 0.6 is 11.6 Å². The van der Waals surface area contributed by atoms with E-state index in [1.807, 2.05) is 12.1 Å². The van der Waals surface area contributed by atoms with E-state index in [4.69, 9.17) is 21.1 Å². The highest BCUT2D eigenvalue weighted by Crippen LogP contribution is 2.21. The van der Waals surface area contributed by atoms with Gasteiger partial charge in [0.25, 0.3) is 0 Å². The zero-order chi connectivity index (χ0) is 17.6. The van der Waals surface area contributed by atoms with Gasteiger partial charge < -0.3 is 14.6 Å². The van der Waals surface area contributed by atoms with E-state index in [1.54, 1.807) is 24.3 Å². The molecule has 6 heteroatoms. The first-order valence-electron chi connectivity index (χ1n) is 8.29. The van der Waals surface area contributed by atoms with Crippen LogP contribution in [-0.4, -0.2) is 48.5 Å². The van der Waals surface area contributed by atoms with Gasteiger partial charge in [0.1, 0.15) is 36.1 Å². The standard InChI is InChI=1S/C19H21ClFNO3/c20-14-1-5-18(6-2-14)25-19-9-10-22(12-19)11-16(23)13-24-17-7-3-15(21)4-8-17/h1-8,16,19,23H,9-13H2. The van der Waals surface area contributed by atoms with Crippen molar-refractivity contribution in [3.63, 3.8) is 0 Å². The Morgan fingerprint density at radius 2 is 1.80 bits per heavy atom. The molecule has 134 valence electrons. The number of likely N-dealkylation sites (tertiary alicyclic amines) is 1. The van der Waals surface area contributed by atoms with Crippen LogP contribution in [0.25, 0.3) is 0 Å². The largest absolute Gasteiger partial charge is 0.491 e. The molecule has 2 atom stereocenters. The molecule has 0 radical (unpaired) electrons. The fourth-order valence-corrected chi connectivity index (χ4v) is 2.96. The lowest BCUT2D eigenvalue weighted by atomic mass is 10.3. The molecule has 0 aliphatic carbocycles. The molecule has 3 rings (SSSR count). The van der Waals surface area contributed by atoms with Gasteiger partial charge in [-0.15, -0.1) is 0 Å². The van der Waals surface area contributed by atoms with Crippen molar-refractivity contribution >= 4 is 11.6 Å². The van der Waals surface area contributed by atoms with Gasteiger partial charge in [0.2, 0.25) is 0 Å². The topological polar surface area (TPSA) is 41.9 Å². The molecule has 25 heavy (non-hydrogen) atoms. The summed E-state index contributed by atoms with van der Waals surface area (Å²) in [5.41, 5.74) is 0. The van der Waals surface area contributed by atoms with Gasteiger partial charge in [0, 0.05) is 24.7 Å². The van der Waals surface area contributed by atoms with Gasteiger partial charge in [-0.25, -0.2) is 4.39 Å². The molecule has 1 fully saturated rings. The van der Waals surface area contributed by atoms with Crippen molar-refractivity contribution in [1.82, 2.24) is 4.90 Å². The van der Waals surface area contributed by atoms with Gasteiger partial charge in [-0.3, -0.25) is 4.90 Å². The van der Waals surface area contributed by atoms with Crippen molar-refractivity contribution in [3.05, 3.63) is 59.4 Å². The summed E-state index contributed by atoms with van der Waals surface area (Å²) in [6, 6.07) is 13.1. The molecule has 0 aromatic heterocycles. The minimum Gasteiger partial charge on any atom is -0.491 e. The smallest absolute Gasteiger partial charge is 0.123 e. The lowest BCUT2D eigenvalue weighted by molar-refractivity contribution is 0.0720. The Labute approximate surface area is 151 Å². The van der Waals surface area contributed by atoms with Crippen molar-refractivity contribution in [2.24, 2.45) is 0 Å². The molecule has 0 amide bonds. The third kappa shape index (κ3) is 5.59. The zero-order valence-electron chi connectivity index (χ0n) is 13.8. The summed E-state index contributed by atoms with van der Waals surface area (Å²) in [6.07, 6.45) is 0.402.